The zero-order valence-corrected chi connectivity index (χ0v) is 12.6. The molecule has 0 saturated heterocycles. The lowest BCUT2D eigenvalue weighted by Gasteiger charge is -2.16. The van der Waals surface area contributed by atoms with Gasteiger partial charge in [0.1, 0.15) is 0 Å². The van der Waals surface area contributed by atoms with Gasteiger partial charge in [0.15, 0.2) is 0 Å². The van der Waals surface area contributed by atoms with Gasteiger partial charge in [0.05, 0.1) is 12.3 Å². The van der Waals surface area contributed by atoms with E-state index >= 15 is 0 Å². The van der Waals surface area contributed by atoms with E-state index in [4.69, 9.17) is 0 Å². The van der Waals surface area contributed by atoms with Crippen LogP contribution in [-0.4, -0.2) is 32.7 Å². The molecule has 0 aromatic carbocycles. The van der Waals surface area contributed by atoms with E-state index < -0.39 is 10.0 Å². The summed E-state index contributed by atoms with van der Waals surface area (Å²) in [6.45, 7) is 1.80. The quantitative estimate of drug-likeness (QED) is 0.698. The van der Waals surface area contributed by atoms with Crippen LogP contribution in [0.25, 0.3) is 0 Å². The lowest BCUT2D eigenvalue weighted by Crippen LogP contribution is -2.42. The van der Waals surface area contributed by atoms with Crippen molar-refractivity contribution in [3.8, 4) is 0 Å². The van der Waals surface area contributed by atoms with Gasteiger partial charge in [-0.3, -0.25) is 4.79 Å². The monoisotopic (exact) mass is 290 g/mol. The molecule has 6 heteroatoms. The third-order valence-corrected chi connectivity index (χ3v) is 4.85. The lowest BCUT2D eigenvalue weighted by atomic mass is 10.1. The van der Waals surface area contributed by atoms with Crippen LogP contribution in [0.3, 0.4) is 0 Å². The van der Waals surface area contributed by atoms with Crippen LogP contribution in [0.2, 0.25) is 0 Å². The molecule has 0 atom stereocenters. The molecule has 1 amide bonds. The van der Waals surface area contributed by atoms with Crippen LogP contribution < -0.4 is 10.0 Å². The standard InChI is InChI=1S/C13H26N2O3S/c1-2-3-10-19(17,18)14-11-13(16)15-12-8-6-4-5-7-9-12/h12,14H,2-11H2,1H3,(H,15,16). The highest BCUT2D eigenvalue weighted by Crippen LogP contribution is 2.16. The summed E-state index contributed by atoms with van der Waals surface area (Å²) < 4.78 is 25.5. The van der Waals surface area contributed by atoms with Gasteiger partial charge in [-0.05, 0) is 19.3 Å². The molecular weight excluding hydrogens is 264 g/mol. The first-order valence-corrected chi connectivity index (χ1v) is 8.95. The van der Waals surface area contributed by atoms with E-state index in [9.17, 15) is 13.2 Å². The van der Waals surface area contributed by atoms with Crippen molar-refractivity contribution in [1.29, 1.82) is 0 Å². The average Bonchev–Trinajstić information content (AvgIpc) is 2.63. The largest absolute Gasteiger partial charge is 0.352 e. The van der Waals surface area contributed by atoms with Gasteiger partial charge in [-0.1, -0.05) is 39.0 Å². The van der Waals surface area contributed by atoms with Crippen LogP contribution >= 0.6 is 0 Å². The van der Waals surface area contributed by atoms with Crippen LogP contribution in [-0.2, 0) is 14.8 Å². The fourth-order valence-corrected chi connectivity index (χ4v) is 3.45. The van der Waals surface area contributed by atoms with E-state index in [0.717, 1.165) is 32.1 Å². The minimum absolute atomic E-state index is 0.0974. The second kappa shape index (κ2) is 8.53. The van der Waals surface area contributed by atoms with E-state index in [2.05, 4.69) is 10.0 Å². The molecule has 0 aromatic rings. The van der Waals surface area contributed by atoms with Crippen molar-refractivity contribution in [2.24, 2.45) is 0 Å². The molecular formula is C13H26N2O3S. The molecule has 0 unspecified atom stereocenters. The van der Waals surface area contributed by atoms with E-state index in [0.29, 0.717) is 6.42 Å². The average molecular weight is 290 g/mol. The maximum Gasteiger partial charge on any atom is 0.235 e. The normalized spacial score (nSPS) is 17.9. The number of carbonyl (C=O) groups excluding carboxylic acids is 1. The van der Waals surface area contributed by atoms with Gasteiger partial charge in [-0.2, -0.15) is 0 Å². The Labute approximate surface area is 116 Å². The molecule has 1 aliphatic carbocycles. The Hall–Kier alpha value is -0.620. The number of hydrogen-bond acceptors (Lipinski definition) is 3. The molecule has 2 N–H and O–H groups in total. The second-order valence-corrected chi connectivity index (χ2v) is 7.18. The van der Waals surface area contributed by atoms with E-state index in [1.807, 2.05) is 6.92 Å². The van der Waals surface area contributed by atoms with Gasteiger partial charge in [0.25, 0.3) is 0 Å². The van der Waals surface area contributed by atoms with Gasteiger partial charge >= 0.3 is 0 Å². The molecule has 5 nitrogen and oxygen atoms in total. The molecule has 0 bridgehead atoms. The molecule has 0 spiro atoms. The van der Waals surface area contributed by atoms with E-state index in [1.54, 1.807) is 0 Å². The molecule has 19 heavy (non-hydrogen) atoms. The first kappa shape index (κ1) is 16.4. The Balaban J connectivity index is 2.26. The lowest BCUT2D eigenvalue weighted by molar-refractivity contribution is -0.120. The van der Waals surface area contributed by atoms with E-state index in [-0.39, 0.29) is 24.2 Å². The highest BCUT2D eigenvalue weighted by molar-refractivity contribution is 7.89. The van der Waals surface area contributed by atoms with Crippen molar-refractivity contribution in [3.05, 3.63) is 0 Å². The van der Waals surface area contributed by atoms with Crippen molar-refractivity contribution in [2.75, 3.05) is 12.3 Å². The molecule has 112 valence electrons. The number of nitrogens with one attached hydrogen (secondary N) is 2. The molecule has 0 aromatic heterocycles. The van der Waals surface area contributed by atoms with Crippen molar-refractivity contribution < 1.29 is 13.2 Å². The van der Waals surface area contributed by atoms with Gasteiger partial charge in [-0.15, -0.1) is 0 Å². The number of rotatable bonds is 7. The molecule has 1 saturated carbocycles. The van der Waals surface area contributed by atoms with Gasteiger partial charge in [-0.25, -0.2) is 13.1 Å². The summed E-state index contributed by atoms with van der Waals surface area (Å²) in [4.78, 5) is 11.7. The Kier molecular flexibility index (Phi) is 7.38. The second-order valence-electron chi connectivity index (χ2n) is 5.25. The SMILES string of the molecule is CCCCS(=O)(=O)NCC(=O)NC1CCCCCC1. The maximum absolute atomic E-state index is 11.7. The van der Waals surface area contributed by atoms with Crippen molar-refractivity contribution in [3.63, 3.8) is 0 Å². The summed E-state index contributed by atoms with van der Waals surface area (Å²) in [6, 6.07) is 0.218. The summed E-state index contributed by atoms with van der Waals surface area (Å²) in [5.74, 6) is -0.118. The molecule has 1 fully saturated rings. The smallest absolute Gasteiger partial charge is 0.235 e. The van der Waals surface area contributed by atoms with Crippen molar-refractivity contribution >= 4 is 15.9 Å². The fraction of sp³-hybridized carbons (Fsp3) is 0.923. The van der Waals surface area contributed by atoms with Crippen molar-refractivity contribution in [1.82, 2.24) is 10.0 Å². The van der Waals surface area contributed by atoms with Crippen LogP contribution in [0.15, 0.2) is 0 Å². The summed E-state index contributed by atoms with van der Waals surface area (Å²) >= 11 is 0. The molecule has 1 rings (SSSR count). The van der Waals surface area contributed by atoms with E-state index in [1.165, 1.54) is 12.8 Å². The Morgan fingerprint density at radius 2 is 1.79 bits per heavy atom. The molecule has 0 heterocycles. The summed E-state index contributed by atoms with van der Waals surface area (Å²) in [5.41, 5.74) is 0. The van der Waals surface area contributed by atoms with Crippen LogP contribution in [0.1, 0.15) is 58.3 Å². The summed E-state index contributed by atoms with van der Waals surface area (Å²) in [5, 5.41) is 2.92. The summed E-state index contributed by atoms with van der Waals surface area (Å²) in [6.07, 6.45) is 8.23. The topological polar surface area (TPSA) is 75.3 Å². The summed E-state index contributed by atoms with van der Waals surface area (Å²) in [7, 11) is -3.30. The number of sulfonamides is 1. The molecule has 1 aliphatic rings. The highest BCUT2D eigenvalue weighted by atomic mass is 32.2. The molecule has 0 aliphatic heterocycles. The number of unbranched alkanes of at least 4 members (excludes halogenated alkanes) is 1. The predicted octanol–water partition coefficient (Wildman–Crippen LogP) is 1.54. The third-order valence-electron chi connectivity index (χ3n) is 3.44. The van der Waals surface area contributed by atoms with Gasteiger partial charge in [0, 0.05) is 6.04 Å². The maximum atomic E-state index is 11.7. The Morgan fingerprint density at radius 3 is 2.37 bits per heavy atom. The predicted molar refractivity (Wildman–Crippen MR) is 76.3 cm³/mol. The van der Waals surface area contributed by atoms with Gasteiger partial charge < -0.3 is 5.32 Å². The van der Waals surface area contributed by atoms with Crippen molar-refractivity contribution in [2.45, 2.75) is 64.3 Å². The minimum atomic E-state index is -3.30. The fourth-order valence-electron chi connectivity index (χ4n) is 2.28. The Morgan fingerprint density at radius 1 is 1.16 bits per heavy atom. The Bertz CT molecular complexity index is 360. The molecule has 0 radical (unpaired) electrons. The van der Waals surface area contributed by atoms with Crippen LogP contribution in [0.5, 0.6) is 0 Å². The zero-order chi connectivity index (χ0) is 14.1. The number of carbonyl (C=O) groups is 1. The van der Waals surface area contributed by atoms with Crippen LogP contribution in [0.4, 0.5) is 0 Å². The van der Waals surface area contributed by atoms with Gasteiger partial charge in [0.2, 0.25) is 15.9 Å². The highest BCUT2D eigenvalue weighted by Gasteiger charge is 2.16. The zero-order valence-electron chi connectivity index (χ0n) is 11.8. The first-order valence-electron chi connectivity index (χ1n) is 7.30. The first-order chi connectivity index (χ1) is 9.03. The minimum Gasteiger partial charge on any atom is -0.352 e. The third kappa shape index (κ3) is 7.52. The van der Waals surface area contributed by atoms with Crippen LogP contribution in [0, 0.1) is 0 Å². The number of amides is 1. The number of hydrogen-bond donors (Lipinski definition) is 2.